The number of sulfonamides is 1. The molecule has 2 atom stereocenters. The maximum atomic E-state index is 12.9. The molecule has 0 radical (unpaired) electrons. The van der Waals surface area contributed by atoms with Crippen LogP contribution in [0.25, 0.3) is 0 Å². The van der Waals surface area contributed by atoms with Gasteiger partial charge in [0, 0.05) is 13.1 Å². The zero-order valence-corrected chi connectivity index (χ0v) is 17.1. The number of nitriles is 1. The number of morpholine rings is 1. The van der Waals surface area contributed by atoms with Gasteiger partial charge < -0.3 is 9.47 Å². The van der Waals surface area contributed by atoms with E-state index in [9.17, 15) is 13.2 Å². The highest BCUT2D eigenvalue weighted by atomic mass is 32.2. The van der Waals surface area contributed by atoms with Crippen molar-refractivity contribution in [1.29, 1.82) is 5.26 Å². The van der Waals surface area contributed by atoms with E-state index >= 15 is 0 Å². The summed E-state index contributed by atoms with van der Waals surface area (Å²) in [5.74, 6) is -0.549. The molecular weight excluding hydrogens is 392 g/mol. The molecule has 0 spiro atoms. The van der Waals surface area contributed by atoms with E-state index < -0.39 is 16.0 Å². The van der Waals surface area contributed by atoms with Crippen LogP contribution in [0, 0.1) is 11.3 Å². The molecule has 7 nitrogen and oxygen atoms in total. The fourth-order valence-corrected chi connectivity index (χ4v) is 4.74. The lowest BCUT2D eigenvalue weighted by Crippen LogP contribution is -2.48. The number of benzene rings is 2. The van der Waals surface area contributed by atoms with Crippen molar-refractivity contribution in [3.05, 3.63) is 65.2 Å². The Morgan fingerprint density at radius 2 is 1.69 bits per heavy atom. The van der Waals surface area contributed by atoms with Gasteiger partial charge in [0.15, 0.2) is 0 Å². The van der Waals surface area contributed by atoms with Crippen LogP contribution in [0.3, 0.4) is 0 Å². The summed E-state index contributed by atoms with van der Waals surface area (Å²) in [5, 5.41) is 8.80. The minimum atomic E-state index is -3.66. The van der Waals surface area contributed by atoms with Gasteiger partial charge in [0.1, 0.15) is 6.61 Å². The molecule has 2 aromatic carbocycles. The van der Waals surface area contributed by atoms with E-state index in [0.717, 1.165) is 5.56 Å². The second kappa shape index (κ2) is 8.74. The predicted octanol–water partition coefficient (Wildman–Crippen LogP) is 2.71. The third-order valence-electron chi connectivity index (χ3n) is 4.57. The van der Waals surface area contributed by atoms with Crippen LogP contribution in [0.5, 0.6) is 0 Å². The van der Waals surface area contributed by atoms with Gasteiger partial charge in [-0.15, -0.1) is 0 Å². The molecule has 2 aromatic rings. The van der Waals surface area contributed by atoms with Crippen LogP contribution < -0.4 is 0 Å². The second-order valence-electron chi connectivity index (χ2n) is 6.99. The van der Waals surface area contributed by atoms with Gasteiger partial charge in [-0.3, -0.25) is 0 Å². The van der Waals surface area contributed by atoms with Gasteiger partial charge in [0.25, 0.3) is 0 Å². The molecule has 152 valence electrons. The van der Waals surface area contributed by atoms with Crippen molar-refractivity contribution in [2.24, 2.45) is 0 Å². The van der Waals surface area contributed by atoms with Crippen molar-refractivity contribution in [3.63, 3.8) is 0 Å². The number of carbonyl (C=O) groups excluding carboxylic acids is 1. The van der Waals surface area contributed by atoms with Crippen molar-refractivity contribution in [2.45, 2.75) is 37.6 Å². The Morgan fingerprint density at radius 3 is 2.24 bits per heavy atom. The van der Waals surface area contributed by atoms with E-state index in [1.54, 1.807) is 24.3 Å². The van der Waals surface area contributed by atoms with Crippen LogP contribution in [-0.2, 0) is 26.1 Å². The van der Waals surface area contributed by atoms with Crippen molar-refractivity contribution in [3.8, 4) is 6.07 Å². The summed E-state index contributed by atoms with van der Waals surface area (Å²) < 4.78 is 38.0. The Kier molecular flexibility index (Phi) is 6.33. The molecule has 0 N–H and O–H groups in total. The van der Waals surface area contributed by atoms with Crippen LogP contribution in [0.2, 0.25) is 0 Å². The van der Waals surface area contributed by atoms with E-state index in [4.69, 9.17) is 14.7 Å². The maximum absolute atomic E-state index is 12.9. The summed E-state index contributed by atoms with van der Waals surface area (Å²) in [6.07, 6.45) is -0.352. The third-order valence-corrected chi connectivity index (χ3v) is 6.41. The maximum Gasteiger partial charge on any atom is 0.338 e. The van der Waals surface area contributed by atoms with Gasteiger partial charge in [-0.25, -0.2) is 13.2 Å². The molecule has 1 saturated heterocycles. The van der Waals surface area contributed by atoms with Crippen molar-refractivity contribution in [1.82, 2.24) is 4.31 Å². The summed E-state index contributed by atoms with van der Waals surface area (Å²) in [4.78, 5) is 12.4. The first-order chi connectivity index (χ1) is 13.8. The summed E-state index contributed by atoms with van der Waals surface area (Å²) in [5.41, 5.74) is 1.55. The molecule has 0 unspecified atom stereocenters. The molecule has 1 aliphatic rings. The topological polar surface area (TPSA) is 96.7 Å². The van der Waals surface area contributed by atoms with Crippen LogP contribution >= 0.6 is 0 Å². The average molecular weight is 414 g/mol. The van der Waals surface area contributed by atoms with Crippen LogP contribution in [0.4, 0.5) is 0 Å². The van der Waals surface area contributed by atoms with Gasteiger partial charge >= 0.3 is 5.97 Å². The summed E-state index contributed by atoms with van der Waals surface area (Å²) in [6.45, 7) is 4.33. The Morgan fingerprint density at radius 1 is 1.10 bits per heavy atom. The van der Waals surface area contributed by atoms with Crippen molar-refractivity contribution in [2.75, 3.05) is 13.1 Å². The average Bonchev–Trinajstić information content (AvgIpc) is 2.71. The second-order valence-corrected chi connectivity index (χ2v) is 8.93. The lowest BCUT2D eigenvalue weighted by atomic mass is 10.1. The van der Waals surface area contributed by atoms with Crippen molar-refractivity contribution < 1.29 is 22.7 Å². The first-order valence-corrected chi connectivity index (χ1v) is 10.7. The molecule has 29 heavy (non-hydrogen) atoms. The standard InChI is InChI=1S/C21H22N2O5S/c1-15-12-23(13-16(2)28-15)29(25,26)20-9-7-19(8-10-20)21(24)27-14-18-5-3-17(11-22)4-6-18/h3-10,15-16H,12-14H2,1-2H3/t15-,16-/m0/s1. The van der Waals surface area contributed by atoms with Crippen molar-refractivity contribution >= 4 is 16.0 Å². The summed E-state index contributed by atoms with van der Waals surface area (Å²) in [7, 11) is -3.66. The van der Waals surface area contributed by atoms with Crippen LogP contribution in [0.15, 0.2) is 53.4 Å². The smallest absolute Gasteiger partial charge is 0.338 e. The highest BCUT2D eigenvalue weighted by Crippen LogP contribution is 2.21. The normalized spacial score (nSPS) is 20.0. The first-order valence-electron chi connectivity index (χ1n) is 9.21. The predicted molar refractivity (Wildman–Crippen MR) is 105 cm³/mol. The van der Waals surface area contributed by atoms with Gasteiger partial charge in [0.2, 0.25) is 10.0 Å². The minimum absolute atomic E-state index is 0.0636. The SMILES string of the molecule is C[C@H]1CN(S(=O)(=O)c2ccc(C(=O)OCc3ccc(C#N)cc3)cc2)C[C@H](C)O1. The minimum Gasteiger partial charge on any atom is -0.457 e. The van der Waals surface area contributed by atoms with Gasteiger partial charge in [-0.1, -0.05) is 12.1 Å². The van der Waals surface area contributed by atoms with Crippen LogP contribution in [0.1, 0.15) is 35.3 Å². The highest BCUT2D eigenvalue weighted by molar-refractivity contribution is 7.89. The highest BCUT2D eigenvalue weighted by Gasteiger charge is 2.32. The number of hydrogen-bond donors (Lipinski definition) is 0. The molecular formula is C21H22N2O5S. The fourth-order valence-electron chi connectivity index (χ4n) is 3.15. The molecule has 0 saturated carbocycles. The molecule has 0 amide bonds. The zero-order valence-electron chi connectivity index (χ0n) is 16.2. The van der Waals surface area contributed by atoms with Gasteiger partial charge in [-0.05, 0) is 55.8 Å². The number of nitrogens with zero attached hydrogens (tertiary/aromatic N) is 2. The molecule has 1 aliphatic heterocycles. The monoisotopic (exact) mass is 414 g/mol. The number of rotatable bonds is 5. The Bertz CT molecular complexity index is 1000. The van der Waals surface area contributed by atoms with Gasteiger partial charge in [0.05, 0.1) is 34.3 Å². The number of hydrogen-bond acceptors (Lipinski definition) is 6. The van der Waals surface area contributed by atoms with Gasteiger partial charge in [-0.2, -0.15) is 9.57 Å². The molecule has 0 aromatic heterocycles. The molecule has 8 heteroatoms. The Labute approximate surface area is 170 Å². The molecule has 1 heterocycles. The fraction of sp³-hybridized carbons (Fsp3) is 0.333. The van der Waals surface area contributed by atoms with E-state index in [1.165, 1.54) is 28.6 Å². The number of ether oxygens (including phenoxy) is 2. The number of esters is 1. The van der Waals surface area contributed by atoms with E-state index in [1.807, 2.05) is 19.9 Å². The lowest BCUT2D eigenvalue weighted by Gasteiger charge is -2.34. The number of carbonyl (C=O) groups is 1. The lowest BCUT2D eigenvalue weighted by molar-refractivity contribution is -0.0440. The van der Waals surface area contributed by atoms with E-state index in [-0.39, 0.29) is 29.3 Å². The third kappa shape index (κ3) is 5.01. The van der Waals surface area contributed by atoms with Crippen LogP contribution in [-0.4, -0.2) is 44.0 Å². The largest absolute Gasteiger partial charge is 0.457 e. The summed E-state index contributed by atoms with van der Waals surface area (Å²) in [6, 6.07) is 14.5. The molecule has 0 aliphatic carbocycles. The molecule has 1 fully saturated rings. The first kappa shape index (κ1) is 21.0. The molecule has 3 rings (SSSR count). The van der Waals surface area contributed by atoms with E-state index in [2.05, 4.69) is 0 Å². The quantitative estimate of drug-likeness (QED) is 0.698. The Hall–Kier alpha value is -2.73. The Balaban J connectivity index is 1.65. The zero-order chi connectivity index (χ0) is 21.0. The van der Waals surface area contributed by atoms with E-state index in [0.29, 0.717) is 18.7 Å². The molecule has 0 bridgehead atoms. The summed E-state index contributed by atoms with van der Waals surface area (Å²) >= 11 is 0.